The van der Waals surface area contributed by atoms with Gasteiger partial charge in [-0.3, -0.25) is 25.2 Å². The molecule has 0 atom stereocenters. The van der Waals surface area contributed by atoms with Crippen LogP contribution in [0.25, 0.3) is 0 Å². The van der Waals surface area contributed by atoms with Gasteiger partial charge in [-0.25, -0.2) is 0 Å². The number of carbonyl (C=O) groups is 3. The first kappa shape index (κ1) is 23.5. The normalized spacial score (nSPS) is 10.2. The average molecular weight is 447 g/mol. The molecule has 3 aromatic carbocycles. The van der Waals surface area contributed by atoms with Crippen LogP contribution >= 0.6 is 0 Å². The molecule has 3 N–H and O–H groups in total. The minimum absolute atomic E-state index is 0.246. The lowest BCUT2D eigenvalue weighted by Gasteiger charge is -2.10. The van der Waals surface area contributed by atoms with Crippen molar-refractivity contribution < 1.29 is 23.9 Å². The number of ether oxygens (including phenoxy) is 2. The largest absolute Gasteiger partial charge is 0.491 e. The molecule has 3 amide bonds. The zero-order valence-corrected chi connectivity index (χ0v) is 18.2. The fourth-order valence-electron chi connectivity index (χ4n) is 2.85. The third kappa shape index (κ3) is 7.19. The molecule has 8 nitrogen and oxygen atoms in total. The van der Waals surface area contributed by atoms with E-state index in [4.69, 9.17) is 9.47 Å². The first-order valence-corrected chi connectivity index (χ1v) is 10.4. The van der Waals surface area contributed by atoms with Gasteiger partial charge in [0.15, 0.2) is 0 Å². The van der Waals surface area contributed by atoms with Crippen LogP contribution in [0.1, 0.15) is 38.0 Å². The van der Waals surface area contributed by atoms with E-state index in [2.05, 4.69) is 16.2 Å². The summed E-state index contributed by atoms with van der Waals surface area (Å²) in [6, 6.07) is 21.8. The van der Waals surface area contributed by atoms with E-state index >= 15 is 0 Å². The van der Waals surface area contributed by atoms with E-state index < -0.39 is 11.8 Å². The molecule has 0 heterocycles. The molecule has 170 valence electrons. The molecule has 0 bridgehead atoms. The molecule has 0 unspecified atom stereocenters. The predicted molar refractivity (Wildman–Crippen MR) is 124 cm³/mol. The van der Waals surface area contributed by atoms with Gasteiger partial charge >= 0.3 is 0 Å². The second kappa shape index (κ2) is 12.0. The number of amides is 3. The van der Waals surface area contributed by atoms with Crippen LogP contribution in [-0.2, 0) is 4.74 Å². The number of hydrogen-bond acceptors (Lipinski definition) is 5. The minimum Gasteiger partial charge on any atom is -0.491 e. The Balaban J connectivity index is 1.50. The van der Waals surface area contributed by atoms with Gasteiger partial charge in [-0.05, 0) is 61.5 Å². The molecule has 0 aromatic heterocycles. The maximum Gasteiger partial charge on any atom is 0.269 e. The lowest BCUT2D eigenvalue weighted by molar-refractivity contribution is 0.0846. The molecule has 8 heteroatoms. The lowest BCUT2D eigenvalue weighted by atomic mass is 10.1. The third-order valence-corrected chi connectivity index (χ3v) is 4.53. The Morgan fingerprint density at radius 1 is 0.697 bits per heavy atom. The van der Waals surface area contributed by atoms with E-state index in [0.717, 1.165) is 0 Å². The molecular weight excluding hydrogens is 422 g/mol. The summed E-state index contributed by atoms with van der Waals surface area (Å²) in [6.07, 6.45) is 0. The average Bonchev–Trinajstić information content (AvgIpc) is 2.86. The molecule has 0 radical (unpaired) electrons. The van der Waals surface area contributed by atoms with Crippen molar-refractivity contribution in [2.24, 2.45) is 0 Å². The first-order chi connectivity index (χ1) is 16.1. The van der Waals surface area contributed by atoms with Gasteiger partial charge in [-0.15, -0.1) is 0 Å². The van der Waals surface area contributed by atoms with Crippen molar-refractivity contribution in [1.82, 2.24) is 10.9 Å². The van der Waals surface area contributed by atoms with Gasteiger partial charge < -0.3 is 14.8 Å². The van der Waals surface area contributed by atoms with Crippen LogP contribution in [0.15, 0.2) is 78.9 Å². The zero-order chi connectivity index (χ0) is 23.5. The number of benzene rings is 3. The van der Waals surface area contributed by atoms with Crippen LogP contribution < -0.4 is 20.9 Å². The number of rotatable bonds is 9. The van der Waals surface area contributed by atoms with Crippen molar-refractivity contribution in [1.29, 1.82) is 0 Å². The van der Waals surface area contributed by atoms with Crippen molar-refractivity contribution in [2.45, 2.75) is 6.92 Å². The Morgan fingerprint density at radius 3 is 2.03 bits per heavy atom. The summed E-state index contributed by atoms with van der Waals surface area (Å²) in [6.45, 7) is 3.34. The number of anilines is 1. The van der Waals surface area contributed by atoms with Gasteiger partial charge in [0.25, 0.3) is 17.7 Å². The SMILES string of the molecule is CCOCCOc1cccc(C(=O)NNC(=O)c2ccc(NC(=O)c3ccccc3)cc2)c1. The van der Waals surface area contributed by atoms with Crippen molar-refractivity contribution in [2.75, 3.05) is 25.1 Å². The standard InChI is InChI=1S/C25H25N3O5/c1-2-32-15-16-33-22-10-6-9-20(17-22)25(31)28-27-24(30)19-11-13-21(14-12-19)26-23(29)18-7-4-3-5-8-18/h3-14,17H,2,15-16H2,1H3,(H,26,29)(H,27,30)(H,28,31). The summed E-state index contributed by atoms with van der Waals surface area (Å²) in [5.41, 5.74) is 6.49. The van der Waals surface area contributed by atoms with Gasteiger partial charge in [0.1, 0.15) is 12.4 Å². The molecule has 0 fully saturated rings. The monoisotopic (exact) mass is 447 g/mol. The molecule has 33 heavy (non-hydrogen) atoms. The molecule has 0 aliphatic rings. The van der Waals surface area contributed by atoms with Crippen LogP contribution in [0.3, 0.4) is 0 Å². The van der Waals surface area contributed by atoms with Crippen molar-refractivity contribution >= 4 is 23.4 Å². The van der Waals surface area contributed by atoms with Crippen molar-refractivity contribution in [3.05, 3.63) is 95.6 Å². The number of hydrazine groups is 1. The van der Waals surface area contributed by atoms with E-state index in [-0.39, 0.29) is 5.91 Å². The van der Waals surface area contributed by atoms with Crippen LogP contribution in [0, 0.1) is 0 Å². The molecule has 0 aliphatic carbocycles. The Bertz CT molecular complexity index is 1080. The number of carbonyl (C=O) groups excluding carboxylic acids is 3. The third-order valence-electron chi connectivity index (χ3n) is 4.53. The summed E-state index contributed by atoms with van der Waals surface area (Å²) in [5.74, 6) is -0.690. The Morgan fingerprint density at radius 2 is 1.33 bits per heavy atom. The molecule has 0 aliphatic heterocycles. The van der Waals surface area contributed by atoms with E-state index in [1.165, 1.54) is 0 Å². The van der Waals surface area contributed by atoms with E-state index in [1.54, 1.807) is 72.8 Å². The fraction of sp³-hybridized carbons (Fsp3) is 0.160. The maximum absolute atomic E-state index is 12.4. The molecule has 0 saturated carbocycles. The number of hydrogen-bond donors (Lipinski definition) is 3. The highest BCUT2D eigenvalue weighted by atomic mass is 16.5. The Kier molecular flexibility index (Phi) is 8.55. The highest BCUT2D eigenvalue weighted by Crippen LogP contribution is 2.14. The van der Waals surface area contributed by atoms with E-state index in [1.807, 2.05) is 13.0 Å². The zero-order valence-electron chi connectivity index (χ0n) is 18.2. The topological polar surface area (TPSA) is 106 Å². The van der Waals surface area contributed by atoms with E-state index in [9.17, 15) is 14.4 Å². The predicted octanol–water partition coefficient (Wildman–Crippen LogP) is 3.43. The summed E-state index contributed by atoms with van der Waals surface area (Å²) in [5, 5.41) is 2.76. The maximum atomic E-state index is 12.4. The van der Waals surface area contributed by atoms with Crippen LogP contribution in [0.5, 0.6) is 5.75 Å². The molecular formula is C25H25N3O5. The quantitative estimate of drug-likeness (QED) is 0.344. The second-order valence-corrected chi connectivity index (χ2v) is 6.88. The molecule has 0 saturated heterocycles. The van der Waals surface area contributed by atoms with Gasteiger partial charge in [-0.2, -0.15) is 0 Å². The Hall–Kier alpha value is -4.17. The Labute approximate surface area is 191 Å². The second-order valence-electron chi connectivity index (χ2n) is 6.88. The minimum atomic E-state index is -0.492. The van der Waals surface area contributed by atoms with Crippen molar-refractivity contribution in [3.8, 4) is 5.75 Å². The van der Waals surface area contributed by atoms with Gasteiger partial charge in [-0.1, -0.05) is 24.3 Å². The van der Waals surface area contributed by atoms with E-state index in [0.29, 0.717) is 47.9 Å². The van der Waals surface area contributed by atoms with Crippen LogP contribution in [-0.4, -0.2) is 37.5 Å². The summed E-state index contributed by atoms with van der Waals surface area (Å²) in [4.78, 5) is 36.9. The van der Waals surface area contributed by atoms with Crippen LogP contribution in [0.4, 0.5) is 5.69 Å². The van der Waals surface area contributed by atoms with Gasteiger partial charge in [0.2, 0.25) is 0 Å². The number of nitrogens with one attached hydrogen (secondary N) is 3. The summed E-state index contributed by atoms with van der Waals surface area (Å²) in [7, 11) is 0. The smallest absolute Gasteiger partial charge is 0.269 e. The highest BCUT2D eigenvalue weighted by molar-refractivity contribution is 6.04. The lowest BCUT2D eigenvalue weighted by Crippen LogP contribution is -2.41. The molecule has 3 rings (SSSR count). The van der Waals surface area contributed by atoms with Gasteiger partial charge in [0, 0.05) is 29.0 Å². The first-order valence-electron chi connectivity index (χ1n) is 10.4. The summed E-state index contributed by atoms with van der Waals surface area (Å²) < 4.78 is 10.8. The van der Waals surface area contributed by atoms with Crippen LogP contribution in [0.2, 0.25) is 0 Å². The summed E-state index contributed by atoms with van der Waals surface area (Å²) >= 11 is 0. The molecule has 0 spiro atoms. The highest BCUT2D eigenvalue weighted by Gasteiger charge is 2.11. The molecule has 3 aromatic rings. The van der Waals surface area contributed by atoms with Crippen molar-refractivity contribution in [3.63, 3.8) is 0 Å². The fourth-order valence-corrected chi connectivity index (χ4v) is 2.85. The van der Waals surface area contributed by atoms with Gasteiger partial charge in [0.05, 0.1) is 6.61 Å².